The second-order valence-electron chi connectivity index (χ2n) is 5.50. The van der Waals surface area contributed by atoms with Gasteiger partial charge in [-0.1, -0.05) is 6.07 Å². The predicted octanol–water partition coefficient (Wildman–Crippen LogP) is 1.01. The van der Waals surface area contributed by atoms with E-state index in [1.54, 1.807) is 10.9 Å². The summed E-state index contributed by atoms with van der Waals surface area (Å²) < 4.78 is 1.80. The Morgan fingerprint density at radius 2 is 1.95 bits per heavy atom. The van der Waals surface area contributed by atoms with Crippen molar-refractivity contribution in [3.8, 4) is 0 Å². The molecule has 3 rings (SSSR count). The SMILES string of the molecule is O=C(CCn1cccn1)N1CCN(Cc2ccccn2)CC1. The molecule has 0 radical (unpaired) electrons. The molecule has 2 aromatic rings. The van der Waals surface area contributed by atoms with Gasteiger partial charge in [-0.25, -0.2) is 0 Å². The molecule has 0 bridgehead atoms. The van der Waals surface area contributed by atoms with E-state index in [2.05, 4.69) is 15.0 Å². The summed E-state index contributed by atoms with van der Waals surface area (Å²) in [6, 6.07) is 7.86. The topological polar surface area (TPSA) is 54.3 Å². The second-order valence-corrected chi connectivity index (χ2v) is 5.50. The van der Waals surface area contributed by atoms with Crippen molar-refractivity contribution in [2.24, 2.45) is 0 Å². The first kappa shape index (κ1) is 14.7. The third-order valence-corrected chi connectivity index (χ3v) is 3.95. The minimum Gasteiger partial charge on any atom is -0.340 e. The quantitative estimate of drug-likeness (QED) is 0.827. The minimum atomic E-state index is 0.216. The van der Waals surface area contributed by atoms with Crippen LogP contribution in [0.5, 0.6) is 0 Å². The molecule has 2 aromatic heterocycles. The summed E-state index contributed by atoms with van der Waals surface area (Å²) in [6.45, 7) is 4.92. The minimum absolute atomic E-state index is 0.216. The van der Waals surface area contributed by atoms with Crippen molar-refractivity contribution in [3.63, 3.8) is 0 Å². The van der Waals surface area contributed by atoms with Gasteiger partial charge in [-0.15, -0.1) is 0 Å². The van der Waals surface area contributed by atoms with Gasteiger partial charge in [0.15, 0.2) is 0 Å². The van der Waals surface area contributed by atoms with Crippen LogP contribution in [0, 0.1) is 0 Å². The standard InChI is InChI=1S/C16H21N5O/c22-16(5-9-21-8-3-7-18-21)20-12-10-19(11-13-20)14-15-4-1-2-6-17-15/h1-4,6-8H,5,9-14H2. The maximum absolute atomic E-state index is 12.2. The number of aryl methyl sites for hydroxylation is 1. The molecule has 6 heteroatoms. The number of pyridine rings is 1. The molecule has 1 saturated heterocycles. The Morgan fingerprint density at radius 3 is 2.64 bits per heavy atom. The van der Waals surface area contributed by atoms with Gasteiger partial charge in [-0.3, -0.25) is 19.4 Å². The van der Waals surface area contributed by atoms with Gasteiger partial charge in [-0.05, 0) is 18.2 Å². The van der Waals surface area contributed by atoms with Gasteiger partial charge in [-0.2, -0.15) is 5.10 Å². The van der Waals surface area contributed by atoms with E-state index in [4.69, 9.17) is 0 Å². The molecule has 0 unspecified atom stereocenters. The maximum Gasteiger partial charge on any atom is 0.224 e. The van der Waals surface area contributed by atoms with E-state index in [1.165, 1.54) is 0 Å². The van der Waals surface area contributed by atoms with Crippen molar-refractivity contribution < 1.29 is 4.79 Å². The average Bonchev–Trinajstić information content (AvgIpc) is 3.08. The molecular weight excluding hydrogens is 278 g/mol. The molecule has 1 aliphatic heterocycles. The summed E-state index contributed by atoms with van der Waals surface area (Å²) in [7, 11) is 0. The van der Waals surface area contributed by atoms with Gasteiger partial charge in [0, 0.05) is 64.3 Å². The van der Waals surface area contributed by atoms with Crippen molar-refractivity contribution in [2.45, 2.75) is 19.5 Å². The smallest absolute Gasteiger partial charge is 0.224 e. The Hall–Kier alpha value is -2.21. The predicted molar refractivity (Wildman–Crippen MR) is 82.9 cm³/mol. The highest BCUT2D eigenvalue weighted by Gasteiger charge is 2.21. The number of carbonyl (C=O) groups is 1. The number of hydrogen-bond acceptors (Lipinski definition) is 4. The van der Waals surface area contributed by atoms with Gasteiger partial charge in [0.2, 0.25) is 5.91 Å². The lowest BCUT2D eigenvalue weighted by Crippen LogP contribution is -2.48. The molecule has 1 amide bonds. The van der Waals surface area contributed by atoms with Crippen LogP contribution in [0.1, 0.15) is 12.1 Å². The molecule has 22 heavy (non-hydrogen) atoms. The lowest BCUT2D eigenvalue weighted by atomic mass is 10.2. The number of piperazine rings is 1. The van der Waals surface area contributed by atoms with Crippen LogP contribution in [0.15, 0.2) is 42.9 Å². The zero-order valence-corrected chi connectivity index (χ0v) is 12.6. The van der Waals surface area contributed by atoms with E-state index in [0.29, 0.717) is 13.0 Å². The highest BCUT2D eigenvalue weighted by Crippen LogP contribution is 2.08. The number of nitrogens with zero attached hydrogens (tertiary/aromatic N) is 5. The molecule has 1 aliphatic rings. The van der Waals surface area contributed by atoms with Gasteiger partial charge in [0.05, 0.1) is 5.69 Å². The molecule has 0 atom stereocenters. The molecule has 0 aliphatic carbocycles. The molecular formula is C16H21N5O. The normalized spacial score (nSPS) is 15.9. The summed E-state index contributed by atoms with van der Waals surface area (Å²) in [5, 5.41) is 4.12. The van der Waals surface area contributed by atoms with E-state index in [-0.39, 0.29) is 5.91 Å². The Morgan fingerprint density at radius 1 is 1.09 bits per heavy atom. The first-order chi connectivity index (χ1) is 10.8. The van der Waals surface area contributed by atoms with Gasteiger partial charge >= 0.3 is 0 Å². The fraction of sp³-hybridized carbons (Fsp3) is 0.438. The van der Waals surface area contributed by atoms with Gasteiger partial charge in [0.25, 0.3) is 0 Å². The third kappa shape index (κ3) is 3.92. The maximum atomic E-state index is 12.2. The highest BCUT2D eigenvalue weighted by atomic mass is 16.2. The first-order valence-electron chi connectivity index (χ1n) is 7.69. The molecule has 0 saturated carbocycles. The second kappa shape index (κ2) is 7.17. The fourth-order valence-electron chi connectivity index (χ4n) is 2.68. The van der Waals surface area contributed by atoms with E-state index in [9.17, 15) is 4.79 Å². The molecule has 116 valence electrons. The van der Waals surface area contributed by atoms with Gasteiger partial charge < -0.3 is 4.90 Å². The zero-order chi connectivity index (χ0) is 15.2. The largest absolute Gasteiger partial charge is 0.340 e. The van der Waals surface area contributed by atoms with Crippen LogP contribution in [0.4, 0.5) is 0 Å². The molecule has 0 N–H and O–H groups in total. The lowest BCUT2D eigenvalue weighted by molar-refractivity contribution is -0.133. The van der Waals surface area contributed by atoms with Crippen molar-refractivity contribution in [2.75, 3.05) is 26.2 Å². The van der Waals surface area contributed by atoms with E-state index >= 15 is 0 Å². The van der Waals surface area contributed by atoms with Crippen LogP contribution < -0.4 is 0 Å². The zero-order valence-electron chi connectivity index (χ0n) is 12.6. The van der Waals surface area contributed by atoms with Crippen LogP contribution >= 0.6 is 0 Å². The summed E-state index contributed by atoms with van der Waals surface area (Å²) in [5.41, 5.74) is 1.08. The van der Waals surface area contributed by atoms with Gasteiger partial charge in [0.1, 0.15) is 0 Å². The van der Waals surface area contributed by atoms with Crippen molar-refractivity contribution in [1.82, 2.24) is 24.6 Å². The Kier molecular flexibility index (Phi) is 4.80. The van der Waals surface area contributed by atoms with E-state index in [0.717, 1.165) is 38.4 Å². The van der Waals surface area contributed by atoms with Crippen molar-refractivity contribution in [1.29, 1.82) is 0 Å². The average molecular weight is 299 g/mol. The molecule has 0 aromatic carbocycles. The molecule has 3 heterocycles. The Bertz CT molecular complexity index is 576. The van der Waals surface area contributed by atoms with E-state index < -0.39 is 0 Å². The summed E-state index contributed by atoms with van der Waals surface area (Å²) in [5.74, 6) is 0.216. The van der Waals surface area contributed by atoms with Crippen molar-refractivity contribution in [3.05, 3.63) is 48.5 Å². The fourth-order valence-corrected chi connectivity index (χ4v) is 2.68. The van der Waals surface area contributed by atoms with Crippen LogP contribution in [-0.2, 0) is 17.9 Å². The summed E-state index contributed by atoms with van der Waals surface area (Å²) >= 11 is 0. The number of carbonyl (C=O) groups excluding carboxylic acids is 1. The molecule has 0 spiro atoms. The number of amides is 1. The first-order valence-corrected chi connectivity index (χ1v) is 7.69. The molecule has 1 fully saturated rings. The van der Waals surface area contributed by atoms with Crippen LogP contribution in [0.2, 0.25) is 0 Å². The highest BCUT2D eigenvalue weighted by molar-refractivity contribution is 5.76. The Balaban J connectivity index is 1.42. The third-order valence-electron chi connectivity index (χ3n) is 3.95. The summed E-state index contributed by atoms with van der Waals surface area (Å²) in [4.78, 5) is 20.9. The van der Waals surface area contributed by atoms with Crippen LogP contribution in [0.3, 0.4) is 0 Å². The van der Waals surface area contributed by atoms with E-state index in [1.807, 2.05) is 41.6 Å². The number of rotatable bonds is 5. The Labute approximate surface area is 130 Å². The number of aromatic nitrogens is 3. The van der Waals surface area contributed by atoms with Crippen LogP contribution in [0.25, 0.3) is 0 Å². The monoisotopic (exact) mass is 299 g/mol. The molecule has 6 nitrogen and oxygen atoms in total. The van der Waals surface area contributed by atoms with Crippen LogP contribution in [-0.4, -0.2) is 56.7 Å². The number of hydrogen-bond donors (Lipinski definition) is 0. The summed E-state index contributed by atoms with van der Waals surface area (Å²) in [6.07, 6.45) is 5.96. The van der Waals surface area contributed by atoms with Crippen molar-refractivity contribution >= 4 is 5.91 Å². The lowest BCUT2D eigenvalue weighted by Gasteiger charge is -2.34.